The van der Waals surface area contributed by atoms with Crippen LogP contribution in [0, 0.1) is 29.2 Å². The molecule has 10 nitrogen and oxygen atoms in total. The minimum atomic E-state index is -1.17. The Hall–Kier alpha value is -2.53. The van der Waals surface area contributed by atoms with E-state index < -0.39 is 30.2 Å². The zero-order valence-electron chi connectivity index (χ0n) is 21.3. The van der Waals surface area contributed by atoms with Crippen molar-refractivity contribution in [2.75, 3.05) is 18.9 Å². The molecule has 5 aliphatic rings. The summed E-state index contributed by atoms with van der Waals surface area (Å²) in [5, 5.41) is 10.0. The molecule has 3 heterocycles. The molecule has 0 amide bonds. The van der Waals surface area contributed by atoms with E-state index in [0.29, 0.717) is 12.0 Å². The number of halogens is 1. The van der Waals surface area contributed by atoms with Crippen LogP contribution in [0.5, 0.6) is 0 Å². The van der Waals surface area contributed by atoms with Gasteiger partial charge in [0.1, 0.15) is 17.9 Å². The fourth-order valence-electron chi connectivity index (χ4n) is 7.97. The number of aromatic nitrogens is 4. The van der Waals surface area contributed by atoms with Crippen molar-refractivity contribution < 1.29 is 28.5 Å². The van der Waals surface area contributed by atoms with E-state index >= 15 is 0 Å². The van der Waals surface area contributed by atoms with Gasteiger partial charge in [0.15, 0.2) is 17.0 Å². The van der Waals surface area contributed by atoms with Crippen LogP contribution in [0.4, 0.5) is 15.0 Å². The second-order valence-electron chi connectivity index (χ2n) is 12.1. The van der Waals surface area contributed by atoms with Gasteiger partial charge >= 0.3 is 12.2 Å². The van der Waals surface area contributed by atoms with Gasteiger partial charge in [-0.1, -0.05) is 0 Å². The minimum absolute atomic E-state index is 0.0799. The maximum absolute atomic E-state index is 13.8. The van der Waals surface area contributed by atoms with Crippen LogP contribution in [-0.2, 0) is 14.2 Å². The number of hydrogen-bond donors (Lipinski definition) is 2. The fourth-order valence-corrected chi connectivity index (χ4v) is 7.97. The maximum atomic E-state index is 13.8. The van der Waals surface area contributed by atoms with Crippen LogP contribution in [0.2, 0.25) is 0 Å². The van der Waals surface area contributed by atoms with Gasteiger partial charge in [-0.2, -0.15) is 14.4 Å². The molecular weight excluding hydrogens is 481 g/mol. The highest BCUT2D eigenvalue weighted by Gasteiger charge is 2.51. The number of nitrogen functional groups attached to an aromatic ring is 1. The monoisotopic (exact) mass is 517 g/mol. The standard InChI is InChI=1S/C26H36FN5O5/c1-25(13-33)18(9-19(37-25)32-14-29-20-21(28)30-23(27)31-22(20)32)36-24(34)35-5-3-2-4-26-10-15-6-16(11-26)8-17(7-15)12-26/h14-19,33H,2-13H2,1H3,(H2,28,30,31)/t15?,16?,17?,18-,19+,25+,26?/m0/s1. The van der Waals surface area contributed by atoms with Crippen molar-refractivity contribution in [1.29, 1.82) is 0 Å². The Morgan fingerprint density at radius 1 is 1.19 bits per heavy atom. The van der Waals surface area contributed by atoms with E-state index in [9.17, 15) is 14.3 Å². The first kappa shape index (κ1) is 24.8. The van der Waals surface area contributed by atoms with E-state index in [1.807, 2.05) is 0 Å². The molecule has 3 N–H and O–H groups in total. The Bertz CT molecular complexity index is 1140. The molecule has 0 unspecified atom stereocenters. The summed E-state index contributed by atoms with van der Waals surface area (Å²) in [6, 6.07) is 0. The predicted octanol–water partition coefficient (Wildman–Crippen LogP) is 4.13. The first-order valence-corrected chi connectivity index (χ1v) is 13.5. The van der Waals surface area contributed by atoms with Crippen molar-refractivity contribution >= 4 is 23.1 Å². The van der Waals surface area contributed by atoms with E-state index in [1.54, 1.807) is 6.92 Å². The molecule has 2 aromatic rings. The highest BCUT2D eigenvalue weighted by atomic mass is 19.1. The average molecular weight is 518 g/mol. The zero-order chi connectivity index (χ0) is 25.8. The van der Waals surface area contributed by atoms with Crippen molar-refractivity contribution in [2.24, 2.45) is 23.2 Å². The number of rotatable bonds is 8. The number of imidazole rings is 1. The number of nitrogens with two attached hydrogens (primary N) is 1. The normalized spacial score (nSPS) is 36.4. The predicted molar refractivity (Wildman–Crippen MR) is 131 cm³/mol. The number of ether oxygens (including phenoxy) is 3. The van der Waals surface area contributed by atoms with Crippen LogP contribution in [0.3, 0.4) is 0 Å². The number of carbonyl (C=O) groups excluding carboxylic acids is 1. The lowest BCUT2D eigenvalue weighted by Crippen LogP contribution is -2.45. The van der Waals surface area contributed by atoms with Gasteiger partial charge in [0.05, 0.1) is 19.5 Å². The number of fused-ring (bicyclic) bond motifs is 1. The SMILES string of the molecule is C[C@]1(CO)O[C@@H](n2cnc3c(N)nc(F)nc32)C[C@@H]1OC(=O)OCCCCC12CC3CC(CC(C3)C1)C2. The Kier molecular flexibility index (Phi) is 6.26. The summed E-state index contributed by atoms with van der Waals surface area (Å²) in [6.07, 6.45) is 9.99. The van der Waals surface area contributed by atoms with Gasteiger partial charge in [-0.3, -0.25) is 4.57 Å². The Balaban J connectivity index is 1.01. The molecule has 1 saturated heterocycles. The molecule has 4 aliphatic carbocycles. The molecule has 202 valence electrons. The van der Waals surface area contributed by atoms with Crippen molar-refractivity contribution in [2.45, 2.75) is 89.1 Å². The highest BCUT2D eigenvalue weighted by molar-refractivity contribution is 5.81. The van der Waals surface area contributed by atoms with Crippen molar-refractivity contribution in [3.8, 4) is 0 Å². The number of hydrogen-bond acceptors (Lipinski definition) is 9. The number of aliphatic hydroxyl groups excluding tert-OH is 1. The van der Waals surface area contributed by atoms with E-state index in [2.05, 4.69) is 15.0 Å². The van der Waals surface area contributed by atoms with Crippen LogP contribution < -0.4 is 5.73 Å². The highest BCUT2D eigenvalue weighted by Crippen LogP contribution is 2.61. The number of aliphatic hydroxyl groups is 1. The number of carbonyl (C=O) groups is 1. The van der Waals surface area contributed by atoms with E-state index in [1.165, 1.54) is 55.8 Å². The lowest BCUT2D eigenvalue weighted by Gasteiger charge is -2.57. The Morgan fingerprint density at radius 2 is 1.89 bits per heavy atom. The molecule has 4 saturated carbocycles. The van der Waals surface area contributed by atoms with E-state index in [-0.39, 0.29) is 30.0 Å². The van der Waals surface area contributed by atoms with E-state index in [0.717, 1.165) is 30.6 Å². The smallest absolute Gasteiger partial charge is 0.434 e. The van der Waals surface area contributed by atoms with Gasteiger partial charge in [0.2, 0.25) is 0 Å². The Labute approximate surface area is 215 Å². The molecule has 0 spiro atoms. The van der Waals surface area contributed by atoms with Gasteiger partial charge in [0.25, 0.3) is 0 Å². The van der Waals surface area contributed by atoms with Gasteiger partial charge in [0, 0.05) is 6.42 Å². The Morgan fingerprint density at radius 3 is 2.57 bits per heavy atom. The summed E-state index contributed by atoms with van der Waals surface area (Å²) < 4.78 is 32.2. The molecule has 7 rings (SSSR count). The fraction of sp³-hybridized carbons (Fsp3) is 0.769. The first-order chi connectivity index (χ1) is 17.8. The van der Waals surface area contributed by atoms with Crippen molar-refractivity contribution in [3.63, 3.8) is 0 Å². The molecule has 0 aromatic carbocycles. The number of anilines is 1. The molecule has 11 heteroatoms. The van der Waals surface area contributed by atoms with Crippen LogP contribution in [-0.4, -0.2) is 55.7 Å². The molecule has 1 aliphatic heterocycles. The molecule has 37 heavy (non-hydrogen) atoms. The summed E-state index contributed by atoms with van der Waals surface area (Å²) in [5.41, 5.74) is 5.52. The third-order valence-corrected chi connectivity index (χ3v) is 9.27. The molecular formula is C26H36FN5O5. The molecule has 3 atom stereocenters. The topological polar surface area (TPSA) is 135 Å². The summed E-state index contributed by atoms with van der Waals surface area (Å²) in [6.45, 7) is 1.57. The third kappa shape index (κ3) is 4.65. The van der Waals surface area contributed by atoms with Crippen LogP contribution in [0.15, 0.2) is 6.33 Å². The largest absolute Gasteiger partial charge is 0.508 e. The zero-order valence-corrected chi connectivity index (χ0v) is 21.3. The average Bonchev–Trinajstić information content (AvgIpc) is 3.39. The molecule has 5 fully saturated rings. The van der Waals surface area contributed by atoms with Crippen molar-refractivity contribution in [3.05, 3.63) is 12.4 Å². The van der Waals surface area contributed by atoms with Gasteiger partial charge in [-0.15, -0.1) is 0 Å². The third-order valence-electron chi connectivity index (χ3n) is 9.27. The van der Waals surface area contributed by atoms with Crippen molar-refractivity contribution in [1.82, 2.24) is 19.5 Å². The van der Waals surface area contributed by atoms with Crippen LogP contribution >= 0.6 is 0 Å². The second-order valence-corrected chi connectivity index (χ2v) is 12.1. The summed E-state index contributed by atoms with van der Waals surface area (Å²) >= 11 is 0. The molecule has 4 bridgehead atoms. The summed E-state index contributed by atoms with van der Waals surface area (Å²) in [5.74, 6) is 2.75. The van der Waals surface area contributed by atoms with Gasteiger partial charge in [-0.05, 0) is 87.9 Å². The minimum Gasteiger partial charge on any atom is -0.434 e. The van der Waals surface area contributed by atoms with Crippen LogP contribution in [0.25, 0.3) is 11.2 Å². The van der Waals surface area contributed by atoms with E-state index in [4.69, 9.17) is 19.9 Å². The summed E-state index contributed by atoms with van der Waals surface area (Å²) in [7, 11) is 0. The lowest BCUT2D eigenvalue weighted by molar-refractivity contribution is -0.121. The molecule has 0 radical (unpaired) electrons. The number of nitrogens with zero attached hydrogens (tertiary/aromatic N) is 4. The van der Waals surface area contributed by atoms with Crippen LogP contribution in [0.1, 0.15) is 77.4 Å². The van der Waals surface area contributed by atoms with Gasteiger partial charge < -0.3 is 25.1 Å². The quantitative estimate of drug-likeness (QED) is 0.301. The molecule has 2 aromatic heterocycles. The lowest BCUT2D eigenvalue weighted by atomic mass is 9.48. The number of unbranched alkanes of at least 4 members (excludes halogenated alkanes) is 1. The second kappa shape index (κ2) is 9.34. The maximum Gasteiger partial charge on any atom is 0.508 e. The van der Waals surface area contributed by atoms with Gasteiger partial charge in [-0.25, -0.2) is 9.78 Å². The first-order valence-electron chi connectivity index (χ1n) is 13.5. The summed E-state index contributed by atoms with van der Waals surface area (Å²) in [4.78, 5) is 23.9.